The van der Waals surface area contributed by atoms with Gasteiger partial charge in [-0.2, -0.15) is 0 Å². The van der Waals surface area contributed by atoms with Gasteiger partial charge in [-0.1, -0.05) is 32.0 Å². The van der Waals surface area contributed by atoms with Crippen LogP contribution in [-0.4, -0.2) is 41.9 Å². The van der Waals surface area contributed by atoms with E-state index in [-0.39, 0.29) is 19.1 Å². The Bertz CT molecular complexity index is 623. The van der Waals surface area contributed by atoms with Gasteiger partial charge in [0, 0.05) is 24.7 Å². The third-order valence-corrected chi connectivity index (χ3v) is 3.15. The molecule has 2 aromatic rings. The van der Waals surface area contributed by atoms with Gasteiger partial charge in [0.05, 0.1) is 23.8 Å². The van der Waals surface area contributed by atoms with Crippen LogP contribution < -0.4 is 5.32 Å². The first-order valence-corrected chi connectivity index (χ1v) is 7.45. The molecule has 1 heterocycles. The minimum absolute atomic E-state index is 0.160. The summed E-state index contributed by atoms with van der Waals surface area (Å²) >= 11 is 0. The Labute approximate surface area is 130 Å². The van der Waals surface area contributed by atoms with Gasteiger partial charge in [-0.05, 0) is 18.1 Å². The van der Waals surface area contributed by atoms with Crippen molar-refractivity contribution in [3.8, 4) is 0 Å². The molecule has 0 aliphatic rings. The number of amides is 1. The number of aliphatic hydroxyl groups excluding tert-OH is 1. The van der Waals surface area contributed by atoms with Gasteiger partial charge in [0.15, 0.2) is 0 Å². The molecule has 1 aromatic heterocycles. The van der Waals surface area contributed by atoms with Crippen molar-refractivity contribution < 1.29 is 14.6 Å². The number of hydrogen-bond acceptors (Lipinski definition) is 4. The quantitative estimate of drug-likeness (QED) is 0.820. The van der Waals surface area contributed by atoms with Gasteiger partial charge in [-0.3, -0.25) is 9.78 Å². The first-order valence-electron chi connectivity index (χ1n) is 7.45. The van der Waals surface area contributed by atoms with Crippen LogP contribution in [-0.2, 0) is 4.74 Å². The summed E-state index contributed by atoms with van der Waals surface area (Å²) in [5.74, 6) is 0.200. The van der Waals surface area contributed by atoms with E-state index < -0.39 is 6.10 Å². The molecule has 2 rings (SSSR count). The Morgan fingerprint density at radius 3 is 2.82 bits per heavy atom. The van der Waals surface area contributed by atoms with E-state index in [0.29, 0.717) is 18.1 Å². The molecule has 1 amide bonds. The number of carbonyl (C=O) groups excluding carboxylic acids is 1. The SMILES string of the molecule is CC(C)COCC(O)CNC(=O)c1ccnc2ccccc12. The van der Waals surface area contributed by atoms with E-state index in [4.69, 9.17) is 4.74 Å². The molecule has 0 saturated carbocycles. The van der Waals surface area contributed by atoms with Crippen molar-refractivity contribution in [3.05, 3.63) is 42.1 Å². The molecule has 5 heteroatoms. The second kappa shape index (κ2) is 7.87. The number of benzene rings is 1. The lowest BCUT2D eigenvalue weighted by molar-refractivity contribution is 0.0259. The van der Waals surface area contributed by atoms with E-state index >= 15 is 0 Å². The maximum atomic E-state index is 12.3. The molecular formula is C17H22N2O3. The van der Waals surface area contributed by atoms with Crippen LogP contribution in [0.1, 0.15) is 24.2 Å². The standard InChI is InChI=1S/C17H22N2O3/c1-12(2)10-22-11-13(20)9-19-17(21)15-7-8-18-16-6-4-3-5-14(15)16/h3-8,12-13,20H,9-11H2,1-2H3,(H,19,21). The van der Waals surface area contributed by atoms with Gasteiger partial charge >= 0.3 is 0 Å². The third-order valence-electron chi connectivity index (χ3n) is 3.15. The Kier molecular flexibility index (Phi) is 5.86. The van der Waals surface area contributed by atoms with Crippen LogP contribution in [0.25, 0.3) is 10.9 Å². The number of pyridine rings is 1. The summed E-state index contributed by atoms with van der Waals surface area (Å²) in [6, 6.07) is 9.15. The van der Waals surface area contributed by atoms with E-state index in [1.54, 1.807) is 12.3 Å². The molecule has 0 aliphatic carbocycles. The number of aliphatic hydroxyl groups is 1. The van der Waals surface area contributed by atoms with Gasteiger partial charge in [-0.15, -0.1) is 0 Å². The number of carbonyl (C=O) groups is 1. The number of aromatic nitrogens is 1. The normalized spacial score (nSPS) is 12.5. The molecule has 118 valence electrons. The predicted molar refractivity (Wildman–Crippen MR) is 85.7 cm³/mol. The number of ether oxygens (including phenoxy) is 1. The number of nitrogens with one attached hydrogen (secondary N) is 1. The van der Waals surface area contributed by atoms with Gasteiger partial charge < -0.3 is 15.2 Å². The molecule has 2 N–H and O–H groups in total. The summed E-state index contributed by atoms with van der Waals surface area (Å²) in [5.41, 5.74) is 1.33. The van der Waals surface area contributed by atoms with E-state index in [0.717, 1.165) is 10.9 Å². The number of rotatable bonds is 7. The Hall–Kier alpha value is -1.98. The average Bonchev–Trinajstić information content (AvgIpc) is 2.51. The highest BCUT2D eigenvalue weighted by Crippen LogP contribution is 2.15. The number of para-hydroxylation sites is 1. The van der Waals surface area contributed by atoms with Crippen molar-refractivity contribution in [1.29, 1.82) is 0 Å². The fraction of sp³-hybridized carbons (Fsp3) is 0.412. The molecule has 1 aromatic carbocycles. The number of hydrogen-bond donors (Lipinski definition) is 2. The number of fused-ring (bicyclic) bond motifs is 1. The summed E-state index contributed by atoms with van der Waals surface area (Å²) < 4.78 is 5.35. The largest absolute Gasteiger partial charge is 0.389 e. The van der Waals surface area contributed by atoms with Crippen molar-refractivity contribution in [1.82, 2.24) is 10.3 Å². The molecule has 0 radical (unpaired) electrons. The molecule has 1 atom stereocenters. The second-order valence-corrected chi connectivity index (χ2v) is 5.67. The molecule has 0 saturated heterocycles. The van der Waals surface area contributed by atoms with E-state index in [1.807, 2.05) is 38.1 Å². The van der Waals surface area contributed by atoms with Gasteiger partial charge in [-0.25, -0.2) is 0 Å². The van der Waals surface area contributed by atoms with Gasteiger partial charge in [0.2, 0.25) is 0 Å². The topological polar surface area (TPSA) is 71.5 Å². The molecular weight excluding hydrogens is 280 g/mol. The average molecular weight is 302 g/mol. The lowest BCUT2D eigenvalue weighted by Gasteiger charge is -2.14. The maximum absolute atomic E-state index is 12.3. The number of nitrogens with zero attached hydrogens (tertiary/aromatic N) is 1. The first kappa shape index (κ1) is 16.4. The fourth-order valence-electron chi connectivity index (χ4n) is 2.10. The first-order chi connectivity index (χ1) is 10.6. The summed E-state index contributed by atoms with van der Waals surface area (Å²) in [6.07, 6.45) is 0.898. The van der Waals surface area contributed by atoms with E-state index in [2.05, 4.69) is 10.3 Å². The van der Waals surface area contributed by atoms with Crippen LogP contribution in [0.4, 0.5) is 0 Å². The van der Waals surface area contributed by atoms with Crippen molar-refractivity contribution in [2.45, 2.75) is 20.0 Å². The monoisotopic (exact) mass is 302 g/mol. The third kappa shape index (κ3) is 4.51. The Balaban J connectivity index is 1.91. The lowest BCUT2D eigenvalue weighted by Crippen LogP contribution is -2.35. The maximum Gasteiger partial charge on any atom is 0.252 e. The van der Waals surface area contributed by atoms with Crippen LogP contribution in [0, 0.1) is 5.92 Å². The minimum atomic E-state index is -0.712. The highest BCUT2D eigenvalue weighted by atomic mass is 16.5. The predicted octanol–water partition coefficient (Wildman–Crippen LogP) is 2.00. The van der Waals surface area contributed by atoms with Crippen molar-refractivity contribution in [2.24, 2.45) is 5.92 Å². The Morgan fingerprint density at radius 1 is 1.27 bits per heavy atom. The zero-order valence-corrected chi connectivity index (χ0v) is 13.0. The lowest BCUT2D eigenvalue weighted by atomic mass is 10.1. The molecule has 0 fully saturated rings. The highest BCUT2D eigenvalue weighted by molar-refractivity contribution is 6.05. The van der Waals surface area contributed by atoms with Crippen LogP contribution >= 0.6 is 0 Å². The second-order valence-electron chi connectivity index (χ2n) is 5.67. The zero-order chi connectivity index (χ0) is 15.9. The van der Waals surface area contributed by atoms with E-state index in [1.165, 1.54) is 0 Å². The zero-order valence-electron chi connectivity index (χ0n) is 13.0. The fourth-order valence-corrected chi connectivity index (χ4v) is 2.10. The summed E-state index contributed by atoms with van der Waals surface area (Å²) in [7, 11) is 0. The molecule has 22 heavy (non-hydrogen) atoms. The summed E-state index contributed by atoms with van der Waals surface area (Å²) in [5, 5.41) is 13.4. The smallest absolute Gasteiger partial charge is 0.252 e. The van der Waals surface area contributed by atoms with Crippen LogP contribution in [0.15, 0.2) is 36.5 Å². The van der Waals surface area contributed by atoms with Crippen molar-refractivity contribution in [2.75, 3.05) is 19.8 Å². The molecule has 5 nitrogen and oxygen atoms in total. The summed E-state index contributed by atoms with van der Waals surface area (Å²) in [4.78, 5) is 16.5. The van der Waals surface area contributed by atoms with Crippen molar-refractivity contribution >= 4 is 16.8 Å². The highest BCUT2D eigenvalue weighted by Gasteiger charge is 2.12. The Morgan fingerprint density at radius 2 is 2.05 bits per heavy atom. The molecule has 0 bridgehead atoms. The molecule has 0 spiro atoms. The van der Waals surface area contributed by atoms with Gasteiger partial charge in [0.1, 0.15) is 0 Å². The molecule has 1 unspecified atom stereocenters. The molecule has 0 aliphatic heterocycles. The van der Waals surface area contributed by atoms with Gasteiger partial charge in [0.25, 0.3) is 5.91 Å². The summed E-state index contributed by atoms with van der Waals surface area (Å²) in [6.45, 7) is 5.06. The minimum Gasteiger partial charge on any atom is -0.389 e. The van der Waals surface area contributed by atoms with Crippen LogP contribution in [0.5, 0.6) is 0 Å². The van der Waals surface area contributed by atoms with E-state index in [9.17, 15) is 9.90 Å². The van der Waals surface area contributed by atoms with Crippen molar-refractivity contribution in [3.63, 3.8) is 0 Å². The van der Waals surface area contributed by atoms with Crippen LogP contribution in [0.2, 0.25) is 0 Å². The van der Waals surface area contributed by atoms with Crippen LogP contribution in [0.3, 0.4) is 0 Å².